The molecule has 2 rings (SSSR count). The number of thiazole rings is 1. The predicted molar refractivity (Wildman–Crippen MR) is 69.8 cm³/mol. The lowest BCUT2D eigenvalue weighted by Gasteiger charge is -2.16. The van der Waals surface area contributed by atoms with E-state index in [-0.39, 0.29) is 0 Å². The quantitative estimate of drug-likeness (QED) is 0.868. The molecule has 0 radical (unpaired) electrons. The Bertz CT molecular complexity index is 332. The summed E-state index contributed by atoms with van der Waals surface area (Å²) in [7, 11) is 0. The van der Waals surface area contributed by atoms with Crippen LogP contribution in [0.4, 0.5) is 0 Å². The van der Waals surface area contributed by atoms with Gasteiger partial charge in [0.15, 0.2) is 0 Å². The summed E-state index contributed by atoms with van der Waals surface area (Å²) < 4.78 is 0. The van der Waals surface area contributed by atoms with E-state index in [1.165, 1.54) is 29.1 Å². The van der Waals surface area contributed by atoms with Crippen LogP contribution >= 0.6 is 11.3 Å². The van der Waals surface area contributed by atoms with Gasteiger partial charge < -0.3 is 5.32 Å². The third kappa shape index (κ3) is 2.83. The van der Waals surface area contributed by atoms with Crippen LogP contribution in [0.5, 0.6) is 0 Å². The van der Waals surface area contributed by atoms with Crippen LogP contribution < -0.4 is 5.32 Å². The maximum Gasteiger partial charge on any atom is 0.0953 e. The summed E-state index contributed by atoms with van der Waals surface area (Å²) in [5.74, 6) is 1.40. The van der Waals surface area contributed by atoms with Crippen LogP contribution in [0.25, 0.3) is 0 Å². The third-order valence-electron chi connectivity index (χ3n) is 3.47. The molecule has 1 aromatic rings. The minimum atomic E-state index is 0.559. The summed E-state index contributed by atoms with van der Waals surface area (Å²) in [4.78, 5) is 5.84. The van der Waals surface area contributed by atoms with E-state index in [2.05, 4.69) is 31.1 Å². The summed E-state index contributed by atoms with van der Waals surface area (Å²) in [6.07, 6.45) is 6.15. The molecule has 0 aromatic carbocycles. The number of nitrogens with zero attached hydrogens (tertiary/aromatic N) is 1. The van der Waals surface area contributed by atoms with E-state index in [9.17, 15) is 0 Å². The van der Waals surface area contributed by atoms with Gasteiger partial charge in [0.2, 0.25) is 0 Å². The van der Waals surface area contributed by atoms with Crippen molar-refractivity contribution in [2.24, 2.45) is 5.92 Å². The Labute approximate surface area is 102 Å². The van der Waals surface area contributed by atoms with Crippen molar-refractivity contribution in [3.63, 3.8) is 0 Å². The van der Waals surface area contributed by atoms with Gasteiger partial charge in [-0.05, 0) is 18.8 Å². The molecule has 0 amide bonds. The van der Waals surface area contributed by atoms with Crippen molar-refractivity contribution in [3.8, 4) is 0 Å². The van der Waals surface area contributed by atoms with Crippen LogP contribution in [0.15, 0.2) is 6.20 Å². The van der Waals surface area contributed by atoms with Crippen LogP contribution in [0.2, 0.25) is 0 Å². The van der Waals surface area contributed by atoms with E-state index in [0.29, 0.717) is 5.92 Å². The highest BCUT2D eigenvalue weighted by atomic mass is 32.1. The molecule has 2 unspecified atom stereocenters. The van der Waals surface area contributed by atoms with Crippen LogP contribution in [0.1, 0.15) is 55.8 Å². The van der Waals surface area contributed by atoms with E-state index in [4.69, 9.17) is 0 Å². The molecule has 1 aliphatic rings. The fraction of sp³-hybridized carbons (Fsp3) is 0.769. The maximum atomic E-state index is 4.46. The largest absolute Gasteiger partial charge is 0.309 e. The highest BCUT2D eigenvalue weighted by Crippen LogP contribution is 2.26. The van der Waals surface area contributed by atoms with Crippen molar-refractivity contribution in [1.82, 2.24) is 10.3 Å². The first-order valence-corrected chi connectivity index (χ1v) is 7.16. The summed E-state index contributed by atoms with van der Waals surface area (Å²) in [6, 6.07) is 0.726. The molecule has 0 aliphatic heterocycles. The van der Waals surface area contributed by atoms with E-state index < -0.39 is 0 Å². The maximum absolute atomic E-state index is 4.46. The van der Waals surface area contributed by atoms with Gasteiger partial charge in [0.25, 0.3) is 0 Å². The highest BCUT2D eigenvalue weighted by Gasteiger charge is 2.22. The van der Waals surface area contributed by atoms with Crippen LogP contribution in [0, 0.1) is 5.92 Å². The predicted octanol–water partition coefficient (Wildman–Crippen LogP) is 3.54. The van der Waals surface area contributed by atoms with Gasteiger partial charge in [0, 0.05) is 29.6 Å². The molecular weight excluding hydrogens is 216 g/mol. The smallest absolute Gasteiger partial charge is 0.0953 e. The SMILES string of the molecule is CC(C)c1ncc(CNC2CCCC2C)s1. The normalized spacial score (nSPS) is 25.5. The molecule has 0 saturated heterocycles. The topological polar surface area (TPSA) is 24.9 Å². The van der Waals surface area contributed by atoms with Gasteiger partial charge in [0.05, 0.1) is 5.01 Å². The van der Waals surface area contributed by atoms with Crippen LogP contribution in [-0.2, 0) is 6.54 Å². The van der Waals surface area contributed by atoms with Crippen molar-refractivity contribution < 1.29 is 0 Å². The van der Waals surface area contributed by atoms with E-state index in [1.807, 2.05) is 17.5 Å². The first kappa shape index (κ1) is 12.1. The lowest BCUT2D eigenvalue weighted by atomic mass is 10.1. The molecule has 3 heteroatoms. The standard InChI is InChI=1S/C13H22N2S/c1-9(2)13-15-8-11(16-13)7-14-12-6-4-5-10(12)3/h8-10,12,14H,4-7H2,1-3H3. The monoisotopic (exact) mass is 238 g/mol. The summed E-state index contributed by atoms with van der Waals surface area (Å²) in [5, 5.41) is 4.93. The third-order valence-corrected chi connectivity index (χ3v) is 4.76. The molecule has 0 bridgehead atoms. The second kappa shape index (κ2) is 5.28. The highest BCUT2D eigenvalue weighted by molar-refractivity contribution is 7.11. The minimum Gasteiger partial charge on any atom is -0.309 e. The molecule has 16 heavy (non-hydrogen) atoms. The number of aromatic nitrogens is 1. The Kier molecular flexibility index (Phi) is 3.98. The second-order valence-electron chi connectivity index (χ2n) is 5.22. The second-order valence-corrected chi connectivity index (χ2v) is 6.36. The molecule has 1 N–H and O–H groups in total. The molecule has 0 spiro atoms. The van der Waals surface area contributed by atoms with Crippen molar-refractivity contribution in [1.29, 1.82) is 0 Å². The Morgan fingerprint density at radius 1 is 1.50 bits per heavy atom. The molecule has 1 heterocycles. The Hall–Kier alpha value is -0.410. The van der Waals surface area contributed by atoms with E-state index >= 15 is 0 Å². The molecular formula is C13H22N2S. The fourth-order valence-corrected chi connectivity index (χ4v) is 3.22. The summed E-state index contributed by atoms with van der Waals surface area (Å²) in [6.45, 7) is 7.76. The van der Waals surface area contributed by atoms with Crippen LogP contribution in [-0.4, -0.2) is 11.0 Å². The van der Waals surface area contributed by atoms with Gasteiger partial charge in [-0.1, -0.05) is 27.2 Å². The first-order valence-electron chi connectivity index (χ1n) is 6.35. The average Bonchev–Trinajstić information content (AvgIpc) is 2.83. The molecule has 2 atom stereocenters. The summed E-state index contributed by atoms with van der Waals surface area (Å²) >= 11 is 1.85. The zero-order valence-corrected chi connectivity index (χ0v) is 11.3. The number of rotatable bonds is 4. The van der Waals surface area contributed by atoms with Crippen molar-refractivity contribution in [2.75, 3.05) is 0 Å². The van der Waals surface area contributed by atoms with E-state index in [1.54, 1.807) is 0 Å². The molecule has 1 aromatic heterocycles. The van der Waals surface area contributed by atoms with Crippen molar-refractivity contribution >= 4 is 11.3 Å². The minimum absolute atomic E-state index is 0.559. The summed E-state index contributed by atoms with van der Waals surface area (Å²) in [5.41, 5.74) is 0. The van der Waals surface area contributed by atoms with E-state index in [0.717, 1.165) is 18.5 Å². The average molecular weight is 238 g/mol. The van der Waals surface area contributed by atoms with Crippen molar-refractivity contribution in [2.45, 2.75) is 58.5 Å². The molecule has 1 fully saturated rings. The van der Waals surface area contributed by atoms with Crippen molar-refractivity contribution in [3.05, 3.63) is 16.1 Å². The Morgan fingerprint density at radius 2 is 2.31 bits per heavy atom. The molecule has 2 nitrogen and oxygen atoms in total. The fourth-order valence-electron chi connectivity index (χ4n) is 2.35. The molecule has 1 aliphatic carbocycles. The first-order chi connectivity index (χ1) is 7.66. The van der Waals surface area contributed by atoms with Gasteiger partial charge in [0.1, 0.15) is 0 Å². The molecule has 90 valence electrons. The number of hydrogen-bond acceptors (Lipinski definition) is 3. The lowest BCUT2D eigenvalue weighted by Crippen LogP contribution is -2.30. The van der Waals surface area contributed by atoms with Gasteiger partial charge >= 0.3 is 0 Å². The number of hydrogen-bond donors (Lipinski definition) is 1. The number of nitrogens with one attached hydrogen (secondary N) is 1. The van der Waals surface area contributed by atoms with Gasteiger partial charge in [-0.2, -0.15) is 0 Å². The van der Waals surface area contributed by atoms with Gasteiger partial charge in [-0.15, -0.1) is 11.3 Å². The zero-order valence-electron chi connectivity index (χ0n) is 10.5. The van der Waals surface area contributed by atoms with Gasteiger partial charge in [-0.25, -0.2) is 4.98 Å². The van der Waals surface area contributed by atoms with Gasteiger partial charge in [-0.3, -0.25) is 0 Å². The molecule has 1 saturated carbocycles. The van der Waals surface area contributed by atoms with Crippen LogP contribution in [0.3, 0.4) is 0 Å². The lowest BCUT2D eigenvalue weighted by molar-refractivity contribution is 0.427. The zero-order chi connectivity index (χ0) is 11.5. The Morgan fingerprint density at radius 3 is 2.88 bits per heavy atom. The Balaban J connectivity index is 1.84.